The number of Topliss-reactive ketones (excluding diaryl/α,β-unsaturated/α-hetero) is 1. The minimum absolute atomic E-state index is 0.0964. The van der Waals surface area contributed by atoms with Gasteiger partial charge in [0, 0.05) is 23.7 Å². The van der Waals surface area contributed by atoms with Gasteiger partial charge in [-0.05, 0) is 43.3 Å². The molecule has 0 spiro atoms. The second-order valence-corrected chi connectivity index (χ2v) is 5.50. The Bertz CT molecular complexity index is 695. The summed E-state index contributed by atoms with van der Waals surface area (Å²) in [5.41, 5.74) is 1.82. The van der Waals surface area contributed by atoms with E-state index >= 15 is 0 Å². The van der Waals surface area contributed by atoms with Crippen molar-refractivity contribution in [1.29, 1.82) is 0 Å². The van der Waals surface area contributed by atoms with Crippen molar-refractivity contribution in [2.45, 2.75) is 13.1 Å². The SMILES string of the molecule is COc1ccc(C(=O)CN2C=CN(c3ccccc3)C2C)cc1. The molecule has 0 saturated carbocycles. The maximum atomic E-state index is 12.5. The first-order chi connectivity index (χ1) is 11.2. The number of ether oxygens (including phenoxy) is 1. The zero-order valence-corrected chi connectivity index (χ0v) is 13.3. The number of para-hydroxylation sites is 1. The monoisotopic (exact) mass is 308 g/mol. The third kappa shape index (κ3) is 3.21. The van der Waals surface area contributed by atoms with Crippen molar-refractivity contribution in [3.63, 3.8) is 0 Å². The topological polar surface area (TPSA) is 32.8 Å². The Kier molecular flexibility index (Phi) is 4.33. The number of hydrogen-bond acceptors (Lipinski definition) is 4. The molecule has 23 heavy (non-hydrogen) atoms. The fraction of sp³-hybridized carbons (Fsp3) is 0.211. The molecule has 0 aromatic heterocycles. The van der Waals surface area contributed by atoms with Crippen LogP contribution in [-0.2, 0) is 0 Å². The van der Waals surface area contributed by atoms with E-state index in [0.717, 1.165) is 11.4 Å². The second kappa shape index (κ2) is 6.57. The van der Waals surface area contributed by atoms with Crippen molar-refractivity contribution in [2.75, 3.05) is 18.6 Å². The Morgan fingerprint density at radius 3 is 2.39 bits per heavy atom. The van der Waals surface area contributed by atoms with Gasteiger partial charge in [0.15, 0.2) is 5.78 Å². The van der Waals surface area contributed by atoms with Crippen LogP contribution < -0.4 is 9.64 Å². The molecule has 4 heteroatoms. The van der Waals surface area contributed by atoms with E-state index in [-0.39, 0.29) is 11.9 Å². The van der Waals surface area contributed by atoms with E-state index in [1.807, 2.05) is 47.6 Å². The molecule has 3 rings (SSSR count). The van der Waals surface area contributed by atoms with Gasteiger partial charge in [0.2, 0.25) is 0 Å². The van der Waals surface area contributed by atoms with Crippen LogP contribution in [0.15, 0.2) is 67.0 Å². The number of anilines is 1. The van der Waals surface area contributed by atoms with Gasteiger partial charge in [-0.2, -0.15) is 0 Å². The van der Waals surface area contributed by atoms with Crippen LogP contribution in [0, 0.1) is 0 Å². The van der Waals surface area contributed by atoms with Crippen molar-refractivity contribution in [2.24, 2.45) is 0 Å². The third-order valence-corrected chi connectivity index (χ3v) is 4.09. The molecule has 2 aromatic carbocycles. The largest absolute Gasteiger partial charge is 0.497 e. The van der Waals surface area contributed by atoms with Crippen LogP contribution in [0.3, 0.4) is 0 Å². The fourth-order valence-corrected chi connectivity index (χ4v) is 2.69. The van der Waals surface area contributed by atoms with Gasteiger partial charge in [-0.25, -0.2) is 0 Å². The van der Waals surface area contributed by atoms with Crippen molar-refractivity contribution in [3.05, 3.63) is 72.6 Å². The van der Waals surface area contributed by atoms with Crippen LogP contribution >= 0.6 is 0 Å². The molecular weight excluding hydrogens is 288 g/mol. The van der Waals surface area contributed by atoms with Gasteiger partial charge in [0.05, 0.1) is 13.7 Å². The smallest absolute Gasteiger partial charge is 0.182 e. The maximum absolute atomic E-state index is 12.5. The van der Waals surface area contributed by atoms with E-state index in [4.69, 9.17) is 4.74 Å². The molecule has 0 aliphatic carbocycles. The predicted octanol–water partition coefficient (Wildman–Crippen LogP) is 3.52. The van der Waals surface area contributed by atoms with E-state index in [1.54, 1.807) is 19.2 Å². The summed E-state index contributed by atoms with van der Waals surface area (Å²) in [5.74, 6) is 0.852. The summed E-state index contributed by atoms with van der Waals surface area (Å²) >= 11 is 0. The molecule has 1 unspecified atom stereocenters. The number of carbonyl (C=O) groups is 1. The summed E-state index contributed by atoms with van der Waals surface area (Å²) < 4.78 is 5.12. The number of carbonyl (C=O) groups excluding carboxylic acids is 1. The van der Waals surface area contributed by atoms with Crippen molar-refractivity contribution in [1.82, 2.24) is 4.90 Å². The van der Waals surface area contributed by atoms with Crippen LogP contribution in [0.2, 0.25) is 0 Å². The third-order valence-electron chi connectivity index (χ3n) is 4.09. The molecule has 118 valence electrons. The Labute approximate surface area is 136 Å². The molecular formula is C19H20N2O2. The fourth-order valence-electron chi connectivity index (χ4n) is 2.69. The first kappa shape index (κ1) is 15.2. The van der Waals surface area contributed by atoms with E-state index in [1.165, 1.54) is 0 Å². The number of nitrogens with zero attached hydrogens (tertiary/aromatic N) is 2. The molecule has 4 nitrogen and oxygen atoms in total. The molecule has 1 atom stereocenters. The Balaban J connectivity index is 1.67. The molecule has 0 fully saturated rings. The highest BCUT2D eigenvalue weighted by atomic mass is 16.5. The lowest BCUT2D eigenvalue weighted by Gasteiger charge is -2.29. The lowest BCUT2D eigenvalue weighted by molar-refractivity contribution is 0.0945. The van der Waals surface area contributed by atoms with Gasteiger partial charge >= 0.3 is 0 Å². The maximum Gasteiger partial charge on any atom is 0.182 e. The molecule has 0 radical (unpaired) electrons. The van der Waals surface area contributed by atoms with Crippen molar-refractivity contribution in [3.8, 4) is 5.75 Å². The molecule has 1 heterocycles. The molecule has 0 amide bonds. The number of ketones is 1. The molecule has 1 aliphatic heterocycles. The summed E-state index contributed by atoms with van der Waals surface area (Å²) in [6.45, 7) is 2.45. The average Bonchev–Trinajstić information content (AvgIpc) is 2.96. The summed E-state index contributed by atoms with van der Waals surface area (Å²) in [6.07, 6.45) is 4.10. The highest BCUT2D eigenvalue weighted by Crippen LogP contribution is 2.24. The second-order valence-electron chi connectivity index (χ2n) is 5.50. The minimum atomic E-state index is 0.0964. The number of hydrogen-bond donors (Lipinski definition) is 0. The average molecular weight is 308 g/mol. The van der Waals surface area contributed by atoms with Crippen LogP contribution in [0.25, 0.3) is 0 Å². The van der Waals surface area contributed by atoms with Crippen molar-refractivity contribution >= 4 is 11.5 Å². The Morgan fingerprint density at radius 2 is 1.74 bits per heavy atom. The standard InChI is InChI=1S/C19H20N2O2/c1-15-20(12-13-21(15)17-6-4-3-5-7-17)14-19(22)16-8-10-18(23-2)11-9-16/h3-13,15H,14H2,1-2H3. The zero-order chi connectivity index (χ0) is 16.2. The number of methoxy groups -OCH3 is 1. The highest BCUT2D eigenvalue weighted by molar-refractivity contribution is 5.97. The van der Waals surface area contributed by atoms with Gasteiger partial charge in [-0.15, -0.1) is 0 Å². The van der Waals surface area contributed by atoms with Gasteiger partial charge in [0.1, 0.15) is 11.9 Å². The van der Waals surface area contributed by atoms with Crippen LogP contribution in [0.1, 0.15) is 17.3 Å². The highest BCUT2D eigenvalue weighted by Gasteiger charge is 2.24. The van der Waals surface area contributed by atoms with Crippen LogP contribution in [-0.4, -0.2) is 30.5 Å². The van der Waals surface area contributed by atoms with E-state index < -0.39 is 0 Å². The van der Waals surface area contributed by atoms with E-state index in [0.29, 0.717) is 12.1 Å². The van der Waals surface area contributed by atoms with Crippen molar-refractivity contribution < 1.29 is 9.53 Å². The molecule has 1 aliphatic rings. The quantitative estimate of drug-likeness (QED) is 0.791. The first-order valence-corrected chi connectivity index (χ1v) is 7.64. The Morgan fingerprint density at radius 1 is 1.04 bits per heavy atom. The summed E-state index contributed by atoms with van der Waals surface area (Å²) in [7, 11) is 1.62. The lowest BCUT2D eigenvalue weighted by Crippen LogP contribution is -2.38. The molecule has 0 saturated heterocycles. The Hall–Kier alpha value is -2.75. The normalized spacial score (nSPS) is 16.7. The van der Waals surface area contributed by atoms with Gasteiger partial charge in [-0.1, -0.05) is 18.2 Å². The number of rotatable bonds is 5. The van der Waals surface area contributed by atoms with E-state index in [2.05, 4.69) is 24.0 Å². The summed E-state index contributed by atoms with van der Waals surface area (Å²) in [6, 6.07) is 17.4. The lowest BCUT2D eigenvalue weighted by atomic mass is 10.1. The van der Waals surface area contributed by atoms with Gasteiger partial charge in [0.25, 0.3) is 0 Å². The minimum Gasteiger partial charge on any atom is -0.497 e. The molecule has 0 bridgehead atoms. The predicted molar refractivity (Wildman–Crippen MR) is 91.6 cm³/mol. The number of benzene rings is 2. The van der Waals surface area contributed by atoms with Crippen LogP contribution in [0.5, 0.6) is 5.75 Å². The first-order valence-electron chi connectivity index (χ1n) is 7.64. The summed E-state index contributed by atoms with van der Waals surface area (Å²) in [4.78, 5) is 16.6. The summed E-state index contributed by atoms with van der Waals surface area (Å²) in [5, 5.41) is 0. The molecule has 2 aromatic rings. The van der Waals surface area contributed by atoms with Crippen LogP contribution in [0.4, 0.5) is 5.69 Å². The zero-order valence-electron chi connectivity index (χ0n) is 13.3. The van der Waals surface area contributed by atoms with Gasteiger partial charge in [-0.3, -0.25) is 4.79 Å². The van der Waals surface area contributed by atoms with E-state index in [9.17, 15) is 4.79 Å². The van der Waals surface area contributed by atoms with Gasteiger partial charge < -0.3 is 14.5 Å². The molecule has 0 N–H and O–H groups in total.